The van der Waals surface area contributed by atoms with Crippen LogP contribution in [-0.4, -0.2) is 22.6 Å². The molecule has 6 heteroatoms. The molecule has 0 spiro atoms. The molecule has 106 valence electrons. The smallest absolute Gasteiger partial charge is 0.224 e. The van der Waals surface area contributed by atoms with Gasteiger partial charge in [-0.15, -0.1) is 0 Å². The molecule has 0 aliphatic heterocycles. The lowest BCUT2D eigenvalue weighted by atomic mass is 10.2. The number of nitrogens with two attached hydrogens (primary N) is 1. The number of rotatable bonds is 6. The molecule has 0 aliphatic rings. The van der Waals surface area contributed by atoms with Crippen molar-refractivity contribution in [3.8, 4) is 5.75 Å². The lowest BCUT2D eigenvalue weighted by Crippen LogP contribution is -2.13. The van der Waals surface area contributed by atoms with Gasteiger partial charge >= 0.3 is 0 Å². The number of nitrogens with zero attached hydrogens (tertiary/aromatic N) is 2. The second kappa shape index (κ2) is 6.60. The van der Waals surface area contributed by atoms with Crippen LogP contribution in [0.15, 0.2) is 36.9 Å². The third-order valence-electron chi connectivity index (χ3n) is 2.88. The van der Waals surface area contributed by atoms with Gasteiger partial charge in [-0.1, -0.05) is 0 Å². The third kappa shape index (κ3) is 3.74. The minimum absolute atomic E-state index is 0.0611. The van der Waals surface area contributed by atoms with Gasteiger partial charge < -0.3 is 20.4 Å². The SMILES string of the molecule is COc1ccc(N)cc1NC(=O)CCCn1ccnc1. The number of nitrogen functional groups attached to an aromatic ring is 1. The van der Waals surface area contributed by atoms with E-state index in [1.807, 2.05) is 10.8 Å². The van der Waals surface area contributed by atoms with Crippen molar-refractivity contribution in [2.45, 2.75) is 19.4 Å². The van der Waals surface area contributed by atoms with Gasteiger partial charge in [0.2, 0.25) is 5.91 Å². The summed E-state index contributed by atoms with van der Waals surface area (Å²) in [7, 11) is 1.56. The summed E-state index contributed by atoms with van der Waals surface area (Å²) in [6, 6.07) is 5.15. The van der Waals surface area contributed by atoms with E-state index in [1.54, 1.807) is 37.8 Å². The Morgan fingerprint density at radius 1 is 1.50 bits per heavy atom. The molecule has 1 aromatic carbocycles. The lowest BCUT2D eigenvalue weighted by molar-refractivity contribution is -0.116. The zero-order valence-corrected chi connectivity index (χ0v) is 11.4. The van der Waals surface area contributed by atoms with Crippen molar-refractivity contribution in [2.75, 3.05) is 18.2 Å². The van der Waals surface area contributed by atoms with Crippen molar-refractivity contribution < 1.29 is 9.53 Å². The maximum absolute atomic E-state index is 11.9. The first-order valence-electron chi connectivity index (χ1n) is 6.38. The Bertz CT molecular complexity index is 567. The predicted molar refractivity (Wildman–Crippen MR) is 77.5 cm³/mol. The van der Waals surface area contributed by atoms with E-state index in [0.29, 0.717) is 23.5 Å². The molecule has 0 unspecified atom stereocenters. The summed E-state index contributed by atoms with van der Waals surface area (Å²) in [5.74, 6) is 0.538. The average molecular weight is 274 g/mol. The van der Waals surface area contributed by atoms with Crippen molar-refractivity contribution in [1.29, 1.82) is 0 Å². The van der Waals surface area contributed by atoms with Crippen molar-refractivity contribution in [3.63, 3.8) is 0 Å². The van der Waals surface area contributed by atoms with Crippen LogP contribution in [0.1, 0.15) is 12.8 Å². The van der Waals surface area contributed by atoms with Gasteiger partial charge in [0.15, 0.2) is 0 Å². The minimum atomic E-state index is -0.0611. The fraction of sp³-hybridized carbons (Fsp3) is 0.286. The Morgan fingerprint density at radius 2 is 2.35 bits per heavy atom. The molecule has 0 bridgehead atoms. The van der Waals surface area contributed by atoms with Crippen LogP contribution in [0.3, 0.4) is 0 Å². The molecule has 2 aromatic rings. The number of hydrogen-bond donors (Lipinski definition) is 2. The van der Waals surface area contributed by atoms with Gasteiger partial charge in [-0.05, 0) is 24.6 Å². The number of aromatic nitrogens is 2. The topological polar surface area (TPSA) is 82.2 Å². The molecule has 1 amide bonds. The normalized spacial score (nSPS) is 10.2. The number of aryl methyl sites for hydroxylation is 1. The highest BCUT2D eigenvalue weighted by Gasteiger charge is 2.08. The molecule has 0 aliphatic carbocycles. The number of methoxy groups -OCH3 is 1. The van der Waals surface area contributed by atoms with E-state index in [2.05, 4.69) is 10.3 Å². The fourth-order valence-electron chi connectivity index (χ4n) is 1.88. The molecule has 0 saturated heterocycles. The molecule has 0 saturated carbocycles. The number of nitrogens with one attached hydrogen (secondary N) is 1. The van der Waals surface area contributed by atoms with E-state index in [-0.39, 0.29) is 5.91 Å². The summed E-state index contributed by atoms with van der Waals surface area (Å²) in [5.41, 5.74) is 6.89. The molecule has 20 heavy (non-hydrogen) atoms. The lowest BCUT2D eigenvalue weighted by Gasteiger charge is -2.11. The van der Waals surface area contributed by atoms with Gasteiger partial charge in [0.25, 0.3) is 0 Å². The second-order valence-corrected chi connectivity index (χ2v) is 4.41. The first-order valence-corrected chi connectivity index (χ1v) is 6.38. The minimum Gasteiger partial charge on any atom is -0.495 e. The van der Waals surface area contributed by atoms with Gasteiger partial charge in [0, 0.05) is 31.0 Å². The molecule has 2 rings (SSSR count). The highest BCUT2D eigenvalue weighted by Crippen LogP contribution is 2.26. The van der Waals surface area contributed by atoms with Crippen molar-refractivity contribution in [2.24, 2.45) is 0 Å². The van der Waals surface area contributed by atoms with E-state index < -0.39 is 0 Å². The number of carbonyl (C=O) groups is 1. The van der Waals surface area contributed by atoms with E-state index in [9.17, 15) is 4.79 Å². The molecule has 3 N–H and O–H groups in total. The summed E-state index contributed by atoms with van der Waals surface area (Å²) in [6.07, 6.45) is 6.50. The molecule has 6 nitrogen and oxygen atoms in total. The number of amides is 1. The Balaban J connectivity index is 1.86. The molecule has 0 fully saturated rings. The van der Waals surface area contributed by atoms with Crippen molar-refractivity contribution >= 4 is 17.3 Å². The Labute approximate surface area is 117 Å². The van der Waals surface area contributed by atoms with E-state index in [1.165, 1.54) is 0 Å². The Morgan fingerprint density at radius 3 is 3.05 bits per heavy atom. The van der Waals surface area contributed by atoms with E-state index in [0.717, 1.165) is 13.0 Å². The Hall–Kier alpha value is -2.50. The standard InChI is InChI=1S/C14H18N4O2/c1-20-13-5-4-11(15)9-12(13)17-14(19)3-2-7-18-8-6-16-10-18/h4-6,8-10H,2-3,7,15H2,1H3,(H,17,19). The number of hydrogen-bond acceptors (Lipinski definition) is 4. The monoisotopic (exact) mass is 274 g/mol. The van der Waals surface area contributed by atoms with Crippen LogP contribution in [0, 0.1) is 0 Å². The van der Waals surface area contributed by atoms with Gasteiger partial charge in [0.05, 0.1) is 19.1 Å². The summed E-state index contributed by atoms with van der Waals surface area (Å²) < 4.78 is 7.12. The zero-order chi connectivity index (χ0) is 14.4. The molecule has 0 radical (unpaired) electrons. The number of ether oxygens (including phenoxy) is 1. The van der Waals surface area contributed by atoms with Gasteiger partial charge in [-0.3, -0.25) is 4.79 Å². The second-order valence-electron chi connectivity index (χ2n) is 4.41. The van der Waals surface area contributed by atoms with Crippen molar-refractivity contribution in [3.05, 3.63) is 36.9 Å². The molecular formula is C14H18N4O2. The summed E-state index contributed by atoms with van der Waals surface area (Å²) in [4.78, 5) is 15.8. The average Bonchev–Trinajstić information content (AvgIpc) is 2.92. The number of imidazole rings is 1. The van der Waals surface area contributed by atoms with Crippen LogP contribution in [0.2, 0.25) is 0 Å². The largest absolute Gasteiger partial charge is 0.495 e. The van der Waals surface area contributed by atoms with Crippen molar-refractivity contribution in [1.82, 2.24) is 9.55 Å². The van der Waals surface area contributed by atoms with Crippen LogP contribution in [0.25, 0.3) is 0 Å². The van der Waals surface area contributed by atoms with Gasteiger partial charge in [0.1, 0.15) is 5.75 Å². The molecule has 0 atom stereocenters. The maximum atomic E-state index is 11.9. The first kappa shape index (κ1) is 13.9. The highest BCUT2D eigenvalue weighted by atomic mass is 16.5. The first-order chi connectivity index (χ1) is 9.69. The quantitative estimate of drug-likeness (QED) is 0.788. The van der Waals surface area contributed by atoms with Crippen LogP contribution in [0.5, 0.6) is 5.75 Å². The third-order valence-corrected chi connectivity index (χ3v) is 2.88. The van der Waals surface area contributed by atoms with E-state index >= 15 is 0 Å². The summed E-state index contributed by atoms with van der Waals surface area (Å²) in [5, 5.41) is 2.81. The number of carbonyl (C=O) groups excluding carboxylic acids is 1. The van der Waals surface area contributed by atoms with Gasteiger partial charge in [-0.2, -0.15) is 0 Å². The van der Waals surface area contributed by atoms with Gasteiger partial charge in [-0.25, -0.2) is 4.98 Å². The molecule has 1 aromatic heterocycles. The number of anilines is 2. The van der Waals surface area contributed by atoms with E-state index in [4.69, 9.17) is 10.5 Å². The molecule has 1 heterocycles. The van der Waals surface area contributed by atoms with Crippen LogP contribution < -0.4 is 15.8 Å². The zero-order valence-electron chi connectivity index (χ0n) is 11.4. The fourth-order valence-corrected chi connectivity index (χ4v) is 1.88. The highest BCUT2D eigenvalue weighted by molar-refractivity contribution is 5.92. The summed E-state index contributed by atoms with van der Waals surface area (Å²) in [6.45, 7) is 0.765. The van der Waals surface area contributed by atoms with Crippen LogP contribution in [-0.2, 0) is 11.3 Å². The molecular weight excluding hydrogens is 256 g/mol. The summed E-state index contributed by atoms with van der Waals surface area (Å²) >= 11 is 0. The predicted octanol–water partition coefficient (Wildman–Crippen LogP) is 1.89. The Kier molecular flexibility index (Phi) is 4.60. The maximum Gasteiger partial charge on any atom is 0.224 e. The number of benzene rings is 1. The van der Waals surface area contributed by atoms with Crippen LogP contribution in [0.4, 0.5) is 11.4 Å². The van der Waals surface area contributed by atoms with Crippen LogP contribution >= 0.6 is 0 Å².